The molecule has 4 nitrogen and oxygen atoms in total. The van der Waals surface area contributed by atoms with Crippen LogP contribution in [0.25, 0.3) is 0 Å². The van der Waals surface area contributed by atoms with Gasteiger partial charge in [0.1, 0.15) is 5.82 Å². The quantitative estimate of drug-likeness (QED) is 0.893. The van der Waals surface area contributed by atoms with Gasteiger partial charge in [-0.2, -0.15) is 0 Å². The van der Waals surface area contributed by atoms with Crippen molar-refractivity contribution in [3.05, 3.63) is 29.1 Å². The SMILES string of the molecule is Cc1cc(F)cc(C)c1S(=O)(=O)N[C@@H]1CCCNC1.Cl. The normalized spacial score (nSPS) is 19.4. The van der Waals surface area contributed by atoms with Gasteiger partial charge in [0.25, 0.3) is 0 Å². The van der Waals surface area contributed by atoms with Gasteiger partial charge >= 0.3 is 0 Å². The Morgan fingerprint density at radius 2 is 1.90 bits per heavy atom. The molecule has 1 aromatic rings. The molecule has 0 aromatic heterocycles. The monoisotopic (exact) mass is 322 g/mol. The van der Waals surface area contributed by atoms with Gasteiger partial charge in [-0.3, -0.25) is 0 Å². The predicted octanol–water partition coefficient (Wildman–Crippen LogP) is 1.89. The Labute approximate surface area is 125 Å². The third kappa shape index (κ3) is 3.91. The third-order valence-corrected chi connectivity index (χ3v) is 5.14. The van der Waals surface area contributed by atoms with Gasteiger partial charge in [-0.1, -0.05) is 0 Å². The summed E-state index contributed by atoms with van der Waals surface area (Å²) in [7, 11) is -3.59. The zero-order valence-electron chi connectivity index (χ0n) is 11.6. The van der Waals surface area contributed by atoms with Crippen molar-refractivity contribution in [3.8, 4) is 0 Å². The summed E-state index contributed by atoms with van der Waals surface area (Å²) in [5.74, 6) is -0.409. The summed E-state index contributed by atoms with van der Waals surface area (Å²) in [6, 6.07) is 2.41. The van der Waals surface area contributed by atoms with Crippen LogP contribution in [-0.2, 0) is 10.0 Å². The van der Waals surface area contributed by atoms with Crippen LogP contribution < -0.4 is 10.0 Å². The lowest BCUT2D eigenvalue weighted by Crippen LogP contribution is -2.45. The second kappa shape index (κ2) is 6.85. The molecule has 0 radical (unpaired) electrons. The Morgan fingerprint density at radius 1 is 1.30 bits per heavy atom. The highest BCUT2D eigenvalue weighted by atomic mass is 35.5. The molecule has 1 fully saturated rings. The van der Waals surface area contributed by atoms with Crippen LogP contribution in [0.1, 0.15) is 24.0 Å². The maximum atomic E-state index is 13.2. The molecule has 0 spiro atoms. The van der Waals surface area contributed by atoms with Gasteiger partial charge < -0.3 is 5.32 Å². The van der Waals surface area contributed by atoms with E-state index in [0.29, 0.717) is 17.7 Å². The van der Waals surface area contributed by atoms with E-state index in [4.69, 9.17) is 0 Å². The summed E-state index contributed by atoms with van der Waals surface area (Å²) < 4.78 is 40.7. The van der Waals surface area contributed by atoms with Gasteiger partial charge in [-0.05, 0) is 56.5 Å². The van der Waals surface area contributed by atoms with Crippen molar-refractivity contribution in [1.29, 1.82) is 0 Å². The molecule has 0 amide bonds. The maximum absolute atomic E-state index is 13.2. The molecule has 1 heterocycles. The lowest BCUT2D eigenvalue weighted by molar-refractivity contribution is 0.428. The van der Waals surface area contributed by atoms with E-state index >= 15 is 0 Å². The number of benzene rings is 1. The molecule has 20 heavy (non-hydrogen) atoms. The number of hydrogen-bond donors (Lipinski definition) is 2. The number of piperidine rings is 1. The highest BCUT2D eigenvalue weighted by molar-refractivity contribution is 7.89. The molecule has 1 atom stereocenters. The van der Waals surface area contributed by atoms with Crippen molar-refractivity contribution in [2.24, 2.45) is 0 Å². The fourth-order valence-corrected chi connectivity index (χ4v) is 4.28. The molecule has 1 aliphatic rings. The van der Waals surface area contributed by atoms with Crippen molar-refractivity contribution in [1.82, 2.24) is 10.0 Å². The van der Waals surface area contributed by atoms with Crippen LogP contribution >= 0.6 is 12.4 Å². The topological polar surface area (TPSA) is 58.2 Å². The lowest BCUT2D eigenvalue weighted by atomic mass is 10.1. The number of sulfonamides is 1. The Bertz CT molecular complexity index is 549. The highest BCUT2D eigenvalue weighted by Gasteiger charge is 2.25. The summed E-state index contributed by atoms with van der Waals surface area (Å²) in [5.41, 5.74) is 0.877. The summed E-state index contributed by atoms with van der Waals surface area (Å²) in [4.78, 5) is 0.194. The summed E-state index contributed by atoms with van der Waals surface area (Å²) in [6.45, 7) is 4.79. The molecule has 2 N–H and O–H groups in total. The zero-order chi connectivity index (χ0) is 14.0. The first-order chi connectivity index (χ1) is 8.90. The van der Waals surface area contributed by atoms with E-state index in [1.54, 1.807) is 13.8 Å². The summed E-state index contributed by atoms with van der Waals surface area (Å²) in [5, 5.41) is 3.16. The molecule has 0 saturated carbocycles. The van der Waals surface area contributed by atoms with Gasteiger partial charge in [0, 0.05) is 12.6 Å². The van der Waals surface area contributed by atoms with Gasteiger partial charge in [-0.15, -0.1) is 12.4 Å². The molecule has 0 aliphatic carbocycles. The standard InChI is InChI=1S/C13H19FN2O2S.ClH/c1-9-6-11(14)7-10(2)13(9)19(17,18)16-12-4-3-5-15-8-12;/h6-7,12,15-16H,3-5,8H2,1-2H3;1H/t12-;/m1./s1. The molecule has 1 saturated heterocycles. The van der Waals surface area contributed by atoms with E-state index in [2.05, 4.69) is 10.0 Å². The minimum atomic E-state index is -3.59. The average molecular weight is 323 g/mol. The molecule has 7 heteroatoms. The van der Waals surface area contributed by atoms with Crippen LogP contribution in [0.3, 0.4) is 0 Å². The number of aryl methyl sites for hydroxylation is 2. The highest BCUT2D eigenvalue weighted by Crippen LogP contribution is 2.22. The number of halogens is 2. The van der Waals surface area contributed by atoms with Gasteiger partial charge in [-0.25, -0.2) is 17.5 Å². The number of rotatable bonds is 3. The van der Waals surface area contributed by atoms with E-state index in [1.807, 2.05) is 0 Å². The summed E-state index contributed by atoms with van der Waals surface area (Å²) >= 11 is 0. The molecule has 0 unspecified atom stereocenters. The van der Waals surface area contributed by atoms with Crippen LogP contribution in [0.5, 0.6) is 0 Å². The molecule has 1 aromatic carbocycles. The second-order valence-corrected chi connectivity index (χ2v) is 6.68. The lowest BCUT2D eigenvalue weighted by Gasteiger charge is -2.24. The van der Waals surface area contributed by atoms with Crippen molar-refractivity contribution < 1.29 is 12.8 Å². The fourth-order valence-electron chi connectivity index (χ4n) is 2.55. The van der Waals surface area contributed by atoms with Crippen molar-refractivity contribution in [3.63, 3.8) is 0 Å². The average Bonchev–Trinajstić information content (AvgIpc) is 2.27. The van der Waals surface area contributed by atoms with E-state index in [9.17, 15) is 12.8 Å². The Morgan fingerprint density at radius 3 is 2.40 bits per heavy atom. The van der Waals surface area contributed by atoms with E-state index in [-0.39, 0.29) is 23.3 Å². The van der Waals surface area contributed by atoms with E-state index in [0.717, 1.165) is 19.4 Å². The van der Waals surface area contributed by atoms with Crippen LogP contribution in [-0.4, -0.2) is 27.5 Å². The maximum Gasteiger partial charge on any atom is 0.241 e. The molecule has 0 bridgehead atoms. The Kier molecular flexibility index (Phi) is 5.94. The fraction of sp³-hybridized carbons (Fsp3) is 0.538. The van der Waals surface area contributed by atoms with Crippen LogP contribution in [0.15, 0.2) is 17.0 Å². The van der Waals surface area contributed by atoms with Crippen LogP contribution in [0.2, 0.25) is 0 Å². The van der Waals surface area contributed by atoms with Crippen molar-refractivity contribution in [2.45, 2.75) is 37.6 Å². The minimum absolute atomic E-state index is 0. The van der Waals surface area contributed by atoms with Crippen molar-refractivity contribution in [2.75, 3.05) is 13.1 Å². The first-order valence-electron chi connectivity index (χ1n) is 6.40. The molecule has 114 valence electrons. The zero-order valence-corrected chi connectivity index (χ0v) is 13.2. The van der Waals surface area contributed by atoms with Gasteiger partial charge in [0.2, 0.25) is 10.0 Å². The second-order valence-electron chi connectivity index (χ2n) is 5.03. The molecular formula is C13H20ClFN2O2S. The van der Waals surface area contributed by atoms with E-state index in [1.165, 1.54) is 12.1 Å². The molecule has 1 aliphatic heterocycles. The van der Waals surface area contributed by atoms with Crippen LogP contribution in [0, 0.1) is 19.7 Å². The smallest absolute Gasteiger partial charge is 0.241 e. The number of nitrogens with one attached hydrogen (secondary N) is 2. The first-order valence-corrected chi connectivity index (χ1v) is 7.88. The Balaban J connectivity index is 0.00000200. The minimum Gasteiger partial charge on any atom is -0.315 e. The largest absolute Gasteiger partial charge is 0.315 e. The molecule has 2 rings (SSSR count). The predicted molar refractivity (Wildman–Crippen MR) is 79.3 cm³/mol. The number of hydrogen-bond acceptors (Lipinski definition) is 3. The van der Waals surface area contributed by atoms with E-state index < -0.39 is 15.8 Å². The molecular weight excluding hydrogens is 303 g/mol. The third-order valence-electron chi connectivity index (χ3n) is 3.31. The Hall–Kier alpha value is -0.690. The van der Waals surface area contributed by atoms with Gasteiger partial charge in [0.05, 0.1) is 4.90 Å². The van der Waals surface area contributed by atoms with Crippen molar-refractivity contribution >= 4 is 22.4 Å². The first kappa shape index (κ1) is 17.4. The van der Waals surface area contributed by atoms with Gasteiger partial charge in [0.15, 0.2) is 0 Å². The van der Waals surface area contributed by atoms with Crippen LogP contribution in [0.4, 0.5) is 4.39 Å². The summed E-state index contributed by atoms with van der Waals surface area (Å²) in [6.07, 6.45) is 1.78.